The molecule has 4 N–H and O–H groups in total. The Morgan fingerprint density at radius 3 is 2.88 bits per heavy atom. The molecule has 0 radical (unpaired) electrons. The molecule has 1 unspecified atom stereocenters. The first-order valence-electron chi connectivity index (χ1n) is 5.17. The predicted molar refractivity (Wildman–Crippen MR) is 64.2 cm³/mol. The van der Waals surface area contributed by atoms with Gasteiger partial charge in [0.05, 0.1) is 11.7 Å². The SMILES string of the molecule is CCCC(NC(=O)c1snnc1C)C(N)=NO. The summed E-state index contributed by atoms with van der Waals surface area (Å²) in [5, 5.41) is 18.0. The fourth-order valence-corrected chi connectivity index (χ4v) is 1.88. The molecule has 0 aliphatic rings. The van der Waals surface area contributed by atoms with E-state index < -0.39 is 6.04 Å². The number of aromatic nitrogens is 2. The van der Waals surface area contributed by atoms with Crippen molar-refractivity contribution in [1.29, 1.82) is 0 Å². The summed E-state index contributed by atoms with van der Waals surface area (Å²) < 4.78 is 3.68. The Bertz CT molecular complexity index is 417. The lowest BCUT2D eigenvalue weighted by atomic mass is 10.1. The van der Waals surface area contributed by atoms with Crippen LogP contribution in [0.25, 0.3) is 0 Å². The molecule has 0 aliphatic carbocycles. The van der Waals surface area contributed by atoms with Crippen molar-refractivity contribution < 1.29 is 10.0 Å². The van der Waals surface area contributed by atoms with Crippen LogP contribution in [0.15, 0.2) is 5.16 Å². The van der Waals surface area contributed by atoms with Gasteiger partial charge >= 0.3 is 0 Å². The number of hydrogen-bond acceptors (Lipinski definition) is 6. The van der Waals surface area contributed by atoms with Crippen molar-refractivity contribution in [1.82, 2.24) is 14.9 Å². The van der Waals surface area contributed by atoms with Crippen molar-refractivity contribution in [3.8, 4) is 0 Å². The Morgan fingerprint density at radius 1 is 1.71 bits per heavy atom. The maximum atomic E-state index is 11.9. The molecule has 0 aromatic carbocycles. The Balaban J connectivity index is 2.74. The number of nitrogens with two attached hydrogens (primary N) is 1. The van der Waals surface area contributed by atoms with Crippen LogP contribution in [0.2, 0.25) is 0 Å². The standard InChI is InChI=1S/C9H15N5O2S/c1-3-4-6(8(10)13-16)11-9(15)7-5(2)12-14-17-7/h6,16H,3-4H2,1-2H3,(H2,10,13)(H,11,15). The summed E-state index contributed by atoms with van der Waals surface area (Å²) in [4.78, 5) is 12.3. The number of aryl methyl sites for hydroxylation is 1. The summed E-state index contributed by atoms with van der Waals surface area (Å²) in [7, 11) is 0. The minimum Gasteiger partial charge on any atom is -0.409 e. The molecule has 0 saturated heterocycles. The van der Waals surface area contributed by atoms with E-state index in [1.54, 1.807) is 6.92 Å². The maximum Gasteiger partial charge on any atom is 0.265 e. The lowest BCUT2D eigenvalue weighted by Crippen LogP contribution is -2.44. The summed E-state index contributed by atoms with van der Waals surface area (Å²) in [6.45, 7) is 3.65. The Kier molecular flexibility index (Phi) is 4.83. The van der Waals surface area contributed by atoms with Crippen LogP contribution in [0.5, 0.6) is 0 Å². The van der Waals surface area contributed by atoms with E-state index in [2.05, 4.69) is 20.1 Å². The Morgan fingerprint density at radius 2 is 2.41 bits per heavy atom. The van der Waals surface area contributed by atoms with Gasteiger partial charge in [-0.25, -0.2) is 0 Å². The van der Waals surface area contributed by atoms with Gasteiger partial charge < -0.3 is 16.3 Å². The third-order valence-electron chi connectivity index (χ3n) is 2.21. The molecule has 0 saturated carbocycles. The molecule has 1 aromatic rings. The highest BCUT2D eigenvalue weighted by Crippen LogP contribution is 2.09. The van der Waals surface area contributed by atoms with E-state index in [-0.39, 0.29) is 11.7 Å². The van der Waals surface area contributed by atoms with Gasteiger partial charge in [-0.1, -0.05) is 23.0 Å². The molecule has 1 rings (SSSR count). The summed E-state index contributed by atoms with van der Waals surface area (Å²) in [5.74, 6) is -0.308. The quantitative estimate of drug-likeness (QED) is 0.307. The third kappa shape index (κ3) is 3.38. The van der Waals surface area contributed by atoms with Crippen LogP contribution >= 0.6 is 11.5 Å². The number of rotatable bonds is 5. The zero-order valence-corrected chi connectivity index (χ0v) is 10.5. The summed E-state index contributed by atoms with van der Waals surface area (Å²) in [6.07, 6.45) is 1.41. The van der Waals surface area contributed by atoms with Crippen LogP contribution in [0.4, 0.5) is 0 Å². The maximum absolute atomic E-state index is 11.9. The second-order valence-corrected chi connectivity index (χ2v) is 4.28. The smallest absolute Gasteiger partial charge is 0.265 e. The van der Waals surface area contributed by atoms with E-state index in [9.17, 15) is 4.79 Å². The number of carbonyl (C=O) groups is 1. The first-order chi connectivity index (χ1) is 8.10. The van der Waals surface area contributed by atoms with Gasteiger partial charge in [-0.05, 0) is 24.9 Å². The lowest BCUT2D eigenvalue weighted by molar-refractivity contribution is 0.0948. The molecule has 0 bridgehead atoms. The van der Waals surface area contributed by atoms with Gasteiger partial charge in [0.2, 0.25) is 0 Å². The van der Waals surface area contributed by atoms with Crippen LogP contribution in [0, 0.1) is 6.92 Å². The third-order valence-corrected chi connectivity index (χ3v) is 3.04. The number of hydrogen-bond donors (Lipinski definition) is 3. The number of amidine groups is 1. The number of amides is 1. The number of nitrogens with one attached hydrogen (secondary N) is 1. The normalized spacial score (nSPS) is 13.4. The van der Waals surface area contributed by atoms with E-state index >= 15 is 0 Å². The average Bonchev–Trinajstić information content (AvgIpc) is 2.73. The zero-order chi connectivity index (χ0) is 12.8. The van der Waals surface area contributed by atoms with Gasteiger partial charge in [0.15, 0.2) is 5.84 Å². The van der Waals surface area contributed by atoms with E-state index in [1.165, 1.54) is 0 Å². The second kappa shape index (κ2) is 6.14. The number of carbonyl (C=O) groups excluding carboxylic acids is 1. The molecular formula is C9H15N5O2S. The highest BCUT2D eigenvalue weighted by Gasteiger charge is 2.20. The summed E-state index contributed by atoms with van der Waals surface area (Å²) in [6, 6.07) is -0.473. The van der Waals surface area contributed by atoms with Gasteiger partial charge in [-0.15, -0.1) is 5.10 Å². The summed E-state index contributed by atoms with van der Waals surface area (Å²) in [5.41, 5.74) is 6.07. The largest absolute Gasteiger partial charge is 0.409 e. The van der Waals surface area contributed by atoms with Gasteiger partial charge in [0.25, 0.3) is 5.91 Å². The molecule has 1 aromatic heterocycles. The molecule has 7 nitrogen and oxygen atoms in total. The fourth-order valence-electron chi connectivity index (χ4n) is 1.32. The van der Waals surface area contributed by atoms with Crippen LogP contribution in [-0.2, 0) is 0 Å². The molecule has 1 atom stereocenters. The minimum atomic E-state index is -0.473. The zero-order valence-electron chi connectivity index (χ0n) is 9.67. The van der Waals surface area contributed by atoms with Gasteiger partial charge in [-0.2, -0.15) is 0 Å². The van der Waals surface area contributed by atoms with Crippen LogP contribution in [-0.4, -0.2) is 32.6 Å². The second-order valence-electron chi connectivity index (χ2n) is 3.53. The van der Waals surface area contributed by atoms with Crippen molar-refractivity contribution in [2.24, 2.45) is 10.9 Å². The first kappa shape index (κ1) is 13.4. The number of nitrogens with zero attached hydrogens (tertiary/aromatic N) is 3. The van der Waals surface area contributed by atoms with E-state index in [0.29, 0.717) is 17.0 Å². The predicted octanol–water partition coefficient (Wildman–Crippen LogP) is 0.491. The van der Waals surface area contributed by atoms with Gasteiger partial charge in [-0.3, -0.25) is 4.79 Å². The monoisotopic (exact) mass is 257 g/mol. The molecule has 17 heavy (non-hydrogen) atoms. The first-order valence-corrected chi connectivity index (χ1v) is 5.94. The Labute approximate surface area is 103 Å². The van der Waals surface area contributed by atoms with Crippen LogP contribution in [0.3, 0.4) is 0 Å². The highest BCUT2D eigenvalue weighted by molar-refractivity contribution is 7.08. The van der Waals surface area contributed by atoms with Crippen molar-refractivity contribution in [3.63, 3.8) is 0 Å². The number of oxime groups is 1. The minimum absolute atomic E-state index is 0.00433. The Hall–Kier alpha value is -1.70. The molecule has 0 spiro atoms. The molecule has 8 heteroatoms. The fraction of sp³-hybridized carbons (Fsp3) is 0.556. The molecule has 0 aliphatic heterocycles. The van der Waals surface area contributed by atoms with Crippen molar-refractivity contribution in [2.45, 2.75) is 32.7 Å². The molecular weight excluding hydrogens is 242 g/mol. The molecule has 1 heterocycles. The average molecular weight is 257 g/mol. The molecule has 94 valence electrons. The van der Waals surface area contributed by atoms with Crippen LogP contribution in [0.1, 0.15) is 35.1 Å². The summed E-state index contributed by atoms with van der Waals surface area (Å²) >= 11 is 1.02. The highest BCUT2D eigenvalue weighted by atomic mass is 32.1. The molecule has 0 fully saturated rings. The van der Waals surface area contributed by atoms with Gasteiger partial charge in [0, 0.05) is 0 Å². The lowest BCUT2D eigenvalue weighted by Gasteiger charge is -2.15. The van der Waals surface area contributed by atoms with Crippen molar-refractivity contribution in [3.05, 3.63) is 10.6 Å². The van der Waals surface area contributed by atoms with E-state index in [4.69, 9.17) is 10.9 Å². The van der Waals surface area contributed by atoms with E-state index in [0.717, 1.165) is 18.0 Å². The van der Waals surface area contributed by atoms with E-state index in [1.807, 2.05) is 6.92 Å². The molecule has 1 amide bonds. The van der Waals surface area contributed by atoms with Crippen molar-refractivity contribution in [2.75, 3.05) is 0 Å². The van der Waals surface area contributed by atoms with Crippen LogP contribution < -0.4 is 11.1 Å². The topological polar surface area (TPSA) is 113 Å². The van der Waals surface area contributed by atoms with Gasteiger partial charge in [0.1, 0.15) is 4.88 Å². The van der Waals surface area contributed by atoms with Crippen molar-refractivity contribution >= 4 is 23.3 Å².